The first-order valence-corrected chi connectivity index (χ1v) is 5.43. The van der Waals surface area contributed by atoms with Gasteiger partial charge in [-0.3, -0.25) is 14.9 Å². The number of hydrogen-bond acceptors (Lipinski definition) is 4. The lowest BCUT2D eigenvalue weighted by molar-refractivity contribution is -0.383. The summed E-state index contributed by atoms with van der Waals surface area (Å²) < 4.78 is 26.1. The summed E-state index contributed by atoms with van der Waals surface area (Å²) in [6, 6.07) is 5.74. The van der Waals surface area contributed by atoms with Gasteiger partial charge >= 0.3 is 0 Å². The highest BCUT2D eigenvalue weighted by molar-refractivity contribution is 6.09. The SMILES string of the molecule is Nc1cc(C(=O)c2cc(F)cc(F)c2)ccc1[N+](=O)[O-]. The van der Waals surface area contributed by atoms with E-state index in [1.807, 2.05) is 0 Å². The van der Waals surface area contributed by atoms with Gasteiger partial charge in [0.25, 0.3) is 5.69 Å². The van der Waals surface area contributed by atoms with Crippen LogP contribution in [0, 0.1) is 21.7 Å². The second kappa shape index (κ2) is 5.04. The van der Waals surface area contributed by atoms with E-state index in [1.54, 1.807) is 0 Å². The van der Waals surface area contributed by atoms with Gasteiger partial charge in [-0.15, -0.1) is 0 Å². The highest BCUT2D eigenvalue weighted by atomic mass is 19.1. The fraction of sp³-hybridized carbons (Fsp3) is 0. The summed E-state index contributed by atoms with van der Waals surface area (Å²) in [5.41, 5.74) is 4.73. The molecule has 102 valence electrons. The van der Waals surface area contributed by atoms with E-state index in [0.717, 1.165) is 24.3 Å². The molecular formula is C13H8F2N2O3. The number of anilines is 1. The van der Waals surface area contributed by atoms with Crippen LogP contribution in [0.4, 0.5) is 20.2 Å². The molecule has 20 heavy (non-hydrogen) atoms. The maximum Gasteiger partial charge on any atom is 0.292 e. The minimum atomic E-state index is -0.886. The summed E-state index contributed by atoms with van der Waals surface area (Å²) in [7, 11) is 0. The molecule has 0 aliphatic carbocycles. The molecule has 0 aliphatic rings. The third-order valence-electron chi connectivity index (χ3n) is 2.61. The van der Waals surface area contributed by atoms with Crippen LogP contribution in [0.3, 0.4) is 0 Å². The summed E-state index contributed by atoms with van der Waals surface area (Å²) >= 11 is 0. The Hall–Kier alpha value is -2.83. The molecule has 0 saturated heterocycles. The normalized spacial score (nSPS) is 10.3. The first kappa shape index (κ1) is 13.6. The molecule has 0 aliphatic heterocycles. The minimum Gasteiger partial charge on any atom is -0.393 e. The molecule has 0 unspecified atom stereocenters. The fourth-order valence-corrected chi connectivity index (χ4v) is 1.71. The standard InChI is InChI=1S/C13H8F2N2O3/c14-9-3-8(4-10(15)6-9)13(18)7-1-2-12(17(19)20)11(16)5-7/h1-6H,16H2. The van der Waals surface area contributed by atoms with Crippen molar-refractivity contribution in [2.45, 2.75) is 0 Å². The van der Waals surface area contributed by atoms with Crippen LogP contribution >= 0.6 is 0 Å². The first-order chi connectivity index (χ1) is 9.38. The highest BCUT2D eigenvalue weighted by Crippen LogP contribution is 2.23. The molecule has 0 aromatic heterocycles. The highest BCUT2D eigenvalue weighted by Gasteiger charge is 2.16. The smallest absolute Gasteiger partial charge is 0.292 e. The van der Waals surface area contributed by atoms with Crippen molar-refractivity contribution in [3.63, 3.8) is 0 Å². The average molecular weight is 278 g/mol. The molecule has 2 aromatic carbocycles. The van der Waals surface area contributed by atoms with E-state index in [-0.39, 0.29) is 22.5 Å². The zero-order valence-electron chi connectivity index (χ0n) is 9.97. The topological polar surface area (TPSA) is 86.2 Å². The monoisotopic (exact) mass is 278 g/mol. The molecule has 0 saturated carbocycles. The second-order valence-electron chi connectivity index (χ2n) is 4.02. The Morgan fingerprint density at radius 2 is 1.65 bits per heavy atom. The summed E-state index contributed by atoms with van der Waals surface area (Å²) in [6.45, 7) is 0. The summed E-state index contributed by atoms with van der Waals surface area (Å²) in [4.78, 5) is 21.9. The van der Waals surface area contributed by atoms with Gasteiger partial charge in [0.05, 0.1) is 4.92 Å². The average Bonchev–Trinajstić information content (AvgIpc) is 2.36. The number of carbonyl (C=O) groups excluding carboxylic acids is 1. The van der Waals surface area contributed by atoms with Gasteiger partial charge in [0, 0.05) is 23.3 Å². The third kappa shape index (κ3) is 2.61. The predicted molar refractivity (Wildman–Crippen MR) is 67.3 cm³/mol. The number of nitrogens with zero attached hydrogens (tertiary/aromatic N) is 1. The van der Waals surface area contributed by atoms with Crippen LogP contribution < -0.4 is 5.73 Å². The molecule has 0 atom stereocenters. The molecule has 0 bridgehead atoms. The summed E-state index contributed by atoms with van der Waals surface area (Å²) in [5.74, 6) is -2.45. The van der Waals surface area contributed by atoms with E-state index in [4.69, 9.17) is 5.73 Å². The Morgan fingerprint density at radius 1 is 1.05 bits per heavy atom. The molecule has 0 radical (unpaired) electrons. The predicted octanol–water partition coefficient (Wildman–Crippen LogP) is 2.69. The van der Waals surface area contributed by atoms with Gasteiger partial charge in [0.2, 0.25) is 0 Å². The second-order valence-corrected chi connectivity index (χ2v) is 4.02. The maximum atomic E-state index is 13.0. The Labute approximate surface area is 111 Å². The van der Waals surface area contributed by atoms with Crippen LogP contribution in [0.2, 0.25) is 0 Å². The van der Waals surface area contributed by atoms with E-state index in [2.05, 4.69) is 0 Å². The van der Waals surface area contributed by atoms with E-state index in [1.165, 1.54) is 6.07 Å². The number of benzene rings is 2. The molecular weight excluding hydrogens is 270 g/mol. The van der Waals surface area contributed by atoms with Crippen LogP contribution in [0.25, 0.3) is 0 Å². The quantitative estimate of drug-likeness (QED) is 0.405. The lowest BCUT2D eigenvalue weighted by Crippen LogP contribution is -2.05. The van der Waals surface area contributed by atoms with Gasteiger partial charge in [-0.1, -0.05) is 0 Å². The van der Waals surface area contributed by atoms with Crippen molar-refractivity contribution < 1.29 is 18.5 Å². The molecule has 2 aromatic rings. The third-order valence-corrected chi connectivity index (χ3v) is 2.61. The molecule has 5 nitrogen and oxygen atoms in total. The fourth-order valence-electron chi connectivity index (χ4n) is 1.71. The molecule has 2 rings (SSSR count). The van der Waals surface area contributed by atoms with Crippen molar-refractivity contribution in [2.75, 3.05) is 5.73 Å². The zero-order valence-corrected chi connectivity index (χ0v) is 9.97. The first-order valence-electron chi connectivity index (χ1n) is 5.43. The van der Waals surface area contributed by atoms with Crippen molar-refractivity contribution >= 4 is 17.2 Å². The molecule has 0 fully saturated rings. The van der Waals surface area contributed by atoms with Gasteiger partial charge in [-0.2, -0.15) is 0 Å². The van der Waals surface area contributed by atoms with Gasteiger partial charge in [-0.05, 0) is 24.3 Å². The molecule has 0 spiro atoms. The molecule has 0 amide bonds. The van der Waals surface area contributed by atoms with Crippen LogP contribution in [0.5, 0.6) is 0 Å². The Balaban J connectivity index is 2.43. The van der Waals surface area contributed by atoms with Crippen LogP contribution in [0.1, 0.15) is 15.9 Å². The van der Waals surface area contributed by atoms with Gasteiger partial charge in [-0.25, -0.2) is 8.78 Å². The number of nitro groups is 1. The van der Waals surface area contributed by atoms with Crippen molar-refractivity contribution in [3.8, 4) is 0 Å². The van der Waals surface area contributed by atoms with Gasteiger partial charge in [0.1, 0.15) is 17.3 Å². The molecule has 0 heterocycles. The van der Waals surface area contributed by atoms with E-state index in [0.29, 0.717) is 6.07 Å². The van der Waals surface area contributed by atoms with Gasteiger partial charge < -0.3 is 5.73 Å². The minimum absolute atomic E-state index is 0.0121. The Bertz CT molecular complexity index is 697. The summed E-state index contributed by atoms with van der Waals surface area (Å²) in [6.07, 6.45) is 0. The number of nitrogen functional groups attached to an aromatic ring is 1. The van der Waals surface area contributed by atoms with Crippen LogP contribution in [0.15, 0.2) is 36.4 Å². The van der Waals surface area contributed by atoms with Crippen molar-refractivity contribution in [2.24, 2.45) is 0 Å². The Morgan fingerprint density at radius 3 is 2.15 bits per heavy atom. The van der Waals surface area contributed by atoms with Crippen molar-refractivity contribution in [1.82, 2.24) is 0 Å². The van der Waals surface area contributed by atoms with Crippen molar-refractivity contribution in [1.29, 1.82) is 0 Å². The number of hydrogen-bond donors (Lipinski definition) is 1. The number of halogens is 2. The van der Waals surface area contributed by atoms with Crippen molar-refractivity contribution in [3.05, 3.63) is 69.3 Å². The van der Waals surface area contributed by atoms with Gasteiger partial charge in [0.15, 0.2) is 5.78 Å². The van der Waals surface area contributed by atoms with E-state index >= 15 is 0 Å². The largest absolute Gasteiger partial charge is 0.393 e. The number of carbonyl (C=O) groups is 1. The van der Waals surface area contributed by atoms with E-state index in [9.17, 15) is 23.7 Å². The summed E-state index contributed by atoms with van der Waals surface area (Å²) in [5, 5.41) is 10.6. The number of rotatable bonds is 3. The van der Waals surface area contributed by atoms with E-state index < -0.39 is 22.3 Å². The van der Waals surface area contributed by atoms with Crippen LogP contribution in [-0.2, 0) is 0 Å². The number of nitrogens with two attached hydrogens (primary N) is 1. The number of nitro benzene ring substituents is 1. The molecule has 7 heteroatoms. The van der Waals surface area contributed by atoms with Crippen LogP contribution in [-0.4, -0.2) is 10.7 Å². The lowest BCUT2D eigenvalue weighted by atomic mass is 10.0. The molecule has 2 N–H and O–H groups in total. The maximum absolute atomic E-state index is 13.0. The lowest BCUT2D eigenvalue weighted by Gasteiger charge is -2.04. The Kier molecular flexibility index (Phi) is 3.43. The zero-order chi connectivity index (χ0) is 14.9. The number of ketones is 1.